The van der Waals surface area contributed by atoms with Crippen molar-refractivity contribution in [2.24, 2.45) is 11.8 Å². The number of hydroxylamine groups is 2. The fourth-order valence-electron chi connectivity index (χ4n) is 6.23. The zero-order valence-electron chi connectivity index (χ0n) is 19.8. The standard InChI is InChI=1S/C25H39N5O3/c1-29-23(32)25(28-24(29)26,13-12-18-7-3-2-4-8-18)16-19-9-5-11-21(15-19)27-22(31)20-10-6-14-30(33)17-20/h6,10,14,18-19,21,30H,2-5,7-9,11-13,15-17H2,1H3,(H2,26,28)(H,27,31)/t19-,21+,25+/m0/s1. The molecule has 1 saturated heterocycles. The minimum atomic E-state index is -0.692. The molecule has 0 aromatic rings. The van der Waals surface area contributed by atoms with Crippen LogP contribution in [0.15, 0.2) is 23.9 Å². The highest BCUT2D eigenvalue weighted by Gasteiger charge is 2.49. The molecule has 4 aliphatic rings. The van der Waals surface area contributed by atoms with E-state index in [1.54, 1.807) is 19.2 Å². The van der Waals surface area contributed by atoms with Crippen LogP contribution in [-0.4, -0.2) is 47.8 Å². The summed E-state index contributed by atoms with van der Waals surface area (Å²) in [6, 6.07) is 0.0576. The molecule has 2 aliphatic carbocycles. The molecular formula is C25H39N5O3. The lowest BCUT2D eigenvalue weighted by Crippen LogP contribution is -3.03. The van der Waals surface area contributed by atoms with Gasteiger partial charge in [-0.25, -0.2) is 0 Å². The van der Waals surface area contributed by atoms with Crippen molar-refractivity contribution in [3.8, 4) is 0 Å². The maximum atomic E-state index is 13.3. The largest absolute Gasteiger partial charge is 0.629 e. The van der Waals surface area contributed by atoms with Crippen molar-refractivity contribution in [2.45, 2.75) is 88.6 Å². The number of amides is 2. The molecule has 2 aliphatic heterocycles. The molecule has 0 aromatic carbocycles. The Morgan fingerprint density at radius 2 is 2.00 bits per heavy atom. The van der Waals surface area contributed by atoms with Crippen molar-refractivity contribution in [1.82, 2.24) is 15.5 Å². The summed E-state index contributed by atoms with van der Waals surface area (Å²) in [5.41, 5.74) is -0.167. The van der Waals surface area contributed by atoms with Crippen LogP contribution in [0.3, 0.4) is 0 Å². The summed E-state index contributed by atoms with van der Waals surface area (Å²) in [6.45, 7) is 0.162. The Bertz CT molecular complexity index is 819. The van der Waals surface area contributed by atoms with Gasteiger partial charge in [0, 0.05) is 13.1 Å². The van der Waals surface area contributed by atoms with Crippen LogP contribution in [0.25, 0.3) is 0 Å². The number of carbonyl (C=O) groups excluding carboxylic acids is 2. The molecule has 0 spiro atoms. The number of hydrogen-bond donors (Lipinski definition) is 4. The lowest BCUT2D eigenvalue weighted by molar-refractivity contribution is -0.785. The van der Waals surface area contributed by atoms with Crippen LogP contribution < -0.4 is 15.7 Å². The monoisotopic (exact) mass is 457 g/mol. The average Bonchev–Trinajstić information content (AvgIpc) is 3.02. The molecule has 0 bridgehead atoms. The summed E-state index contributed by atoms with van der Waals surface area (Å²) in [4.78, 5) is 27.4. The number of quaternary nitrogens is 1. The molecule has 0 radical (unpaired) electrons. The van der Waals surface area contributed by atoms with Crippen molar-refractivity contribution >= 4 is 17.8 Å². The zero-order valence-corrected chi connectivity index (χ0v) is 19.8. The molecule has 4 N–H and O–H groups in total. The molecule has 2 saturated carbocycles. The lowest BCUT2D eigenvalue weighted by Gasteiger charge is -2.37. The van der Waals surface area contributed by atoms with E-state index in [1.807, 2.05) is 0 Å². The first kappa shape index (κ1) is 24.0. The zero-order chi connectivity index (χ0) is 23.4. The summed E-state index contributed by atoms with van der Waals surface area (Å²) in [7, 11) is 1.69. The van der Waals surface area contributed by atoms with E-state index in [0.717, 1.165) is 38.5 Å². The third-order valence-corrected chi connectivity index (χ3v) is 8.10. The van der Waals surface area contributed by atoms with Crippen LogP contribution >= 0.6 is 0 Å². The van der Waals surface area contributed by atoms with Gasteiger partial charge in [0.2, 0.25) is 0 Å². The highest BCUT2D eigenvalue weighted by molar-refractivity contribution is 6.07. The van der Waals surface area contributed by atoms with Gasteiger partial charge in [-0.3, -0.25) is 19.9 Å². The van der Waals surface area contributed by atoms with E-state index in [2.05, 4.69) is 10.6 Å². The summed E-state index contributed by atoms with van der Waals surface area (Å²) in [5, 5.41) is 26.3. The van der Waals surface area contributed by atoms with Gasteiger partial charge >= 0.3 is 0 Å². The van der Waals surface area contributed by atoms with Gasteiger partial charge in [0.1, 0.15) is 12.1 Å². The summed E-state index contributed by atoms with van der Waals surface area (Å²) in [5.74, 6) is 1.07. The van der Waals surface area contributed by atoms with Crippen LogP contribution in [0.1, 0.15) is 77.0 Å². The number of rotatable bonds is 7. The van der Waals surface area contributed by atoms with Gasteiger partial charge in [-0.15, -0.1) is 0 Å². The van der Waals surface area contributed by atoms with Gasteiger partial charge in [0.25, 0.3) is 11.8 Å². The molecule has 2 heterocycles. The highest BCUT2D eigenvalue weighted by atomic mass is 16.5. The molecule has 4 atom stereocenters. The molecule has 4 rings (SSSR count). The first-order valence-electron chi connectivity index (χ1n) is 12.7. The first-order chi connectivity index (χ1) is 15.9. The number of nitrogens with one attached hydrogen (secondary N) is 4. The number of guanidine groups is 1. The molecular weight excluding hydrogens is 418 g/mol. The maximum Gasteiger partial charge on any atom is 0.254 e. The number of likely N-dealkylation sites (N-methyl/N-ethyl adjacent to an activating group) is 1. The van der Waals surface area contributed by atoms with E-state index in [0.29, 0.717) is 23.8 Å². The summed E-state index contributed by atoms with van der Waals surface area (Å²) >= 11 is 0. The fourth-order valence-corrected chi connectivity index (χ4v) is 6.23. The van der Waals surface area contributed by atoms with Gasteiger partial charge in [-0.05, 0) is 56.1 Å². The second-order valence-electron chi connectivity index (χ2n) is 10.6. The smallest absolute Gasteiger partial charge is 0.254 e. The van der Waals surface area contributed by atoms with Crippen molar-refractivity contribution in [3.63, 3.8) is 0 Å². The minimum Gasteiger partial charge on any atom is -0.629 e. The van der Waals surface area contributed by atoms with Crippen LogP contribution in [0.4, 0.5) is 0 Å². The number of carbonyl (C=O) groups is 2. The predicted octanol–water partition coefficient (Wildman–Crippen LogP) is 1.98. The van der Waals surface area contributed by atoms with Gasteiger partial charge in [0.15, 0.2) is 5.96 Å². The lowest BCUT2D eigenvalue weighted by atomic mass is 9.74. The summed E-state index contributed by atoms with van der Waals surface area (Å²) < 4.78 is 0. The maximum absolute atomic E-state index is 13.3. The van der Waals surface area contributed by atoms with Gasteiger partial charge in [-0.2, -0.15) is 0 Å². The number of nitrogens with zero attached hydrogens (tertiary/aromatic N) is 1. The molecule has 182 valence electrons. The van der Waals surface area contributed by atoms with Crippen molar-refractivity contribution < 1.29 is 14.7 Å². The first-order valence-corrected chi connectivity index (χ1v) is 12.7. The Morgan fingerprint density at radius 1 is 1.24 bits per heavy atom. The van der Waals surface area contributed by atoms with Crippen LogP contribution in [0.5, 0.6) is 0 Å². The predicted molar refractivity (Wildman–Crippen MR) is 127 cm³/mol. The second-order valence-corrected chi connectivity index (χ2v) is 10.6. The average molecular weight is 458 g/mol. The Kier molecular flexibility index (Phi) is 7.54. The van der Waals surface area contributed by atoms with Crippen molar-refractivity contribution in [3.05, 3.63) is 29.1 Å². The third-order valence-electron chi connectivity index (χ3n) is 8.10. The molecule has 8 heteroatoms. The fraction of sp³-hybridized carbons (Fsp3) is 0.720. The Labute approximate surface area is 196 Å². The van der Waals surface area contributed by atoms with Crippen molar-refractivity contribution in [1.29, 1.82) is 5.41 Å². The van der Waals surface area contributed by atoms with E-state index in [4.69, 9.17) is 5.41 Å². The van der Waals surface area contributed by atoms with E-state index in [-0.39, 0.29) is 35.4 Å². The molecule has 2 amide bonds. The molecule has 1 unspecified atom stereocenters. The molecule has 33 heavy (non-hydrogen) atoms. The molecule has 0 aromatic heterocycles. The van der Waals surface area contributed by atoms with E-state index in [9.17, 15) is 14.8 Å². The van der Waals surface area contributed by atoms with E-state index in [1.165, 1.54) is 43.2 Å². The Hall–Kier alpha value is -2.19. The molecule has 8 nitrogen and oxygen atoms in total. The third kappa shape index (κ3) is 5.66. The second kappa shape index (κ2) is 10.4. The number of hydrogen-bond acceptors (Lipinski definition) is 4. The quantitative estimate of drug-likeness (QED) is 0.438. The van der Waals surface area contributed by atoms with Crippen LogP contribution in [0.2, 0.25) is 0 Å². The van der Waals surface area contributed by atoms with E-state index >= 15 is 0 Å². The Balaban J connectivity index is 1.38. The topological polar surface area (TPSA) is 113 Å². The normalized spacial score (nSPS) is 33.1. The van der Waals surface area contributed by atoms with Crippen LogP contribution in [0, 0.1) is 22.5 Å². The van der Waals surface area contributed by atoms with E-state index < -0.39 is 5.54 Å². The minimum absolute atomic E-state index is 0.0205. The van der Waals surface area contributed by atoms with Crippen molar-refractivity contribution in [2.75, 3.05) is 13.6 Å². The Morgan fingerprint density at radius 3 is 2.70 bits per heavy atom. The van der Waals surface area contributed by atoms with Gasteiger partial charge < -0.3 is 20.9 Å². The highest BCUT2D eigenvalue weighted by Crippen LogP contribution is 2.38. The number of allylic oxidation sites excluding steroid dienone is 2. The van der Waals surface area contributed by atoms with Gasteiger partial charge in [-0.1, -0.05) is 44.9 Å². The van der Waals surface area contributed by atoms with Crippen LogP contribution in [-0.2, 0) is 9.59 Å². The SMILES string of the molecule is CN1C(=N)N[C@](CCC2CCCCC2)(C[C@H]2CCC[C@@H](NC(=O)C3=CC=C[NH+]([O-])C3)C2)C1=O. The molecule has 3 fully saturated rings. The summed E-state index contributed by atoms with van der Waals surface area (Å²) in [6.07, 6.45) is 17.6. The van der Waals surface area contributed by atoms with Gasteiger partial charge in [0.05, 0.1) is 11.8 Å².